The predicted molar refractivity (Wildman–Crippen MR) is 85.1 cm³/mol. The lowest BCUT2D eigenvalue weighted by molar-refractivity contribution is -0.139. The Morgan fingerprint density at radius 3 is 2.20 bits per heavy atom. The van der Waals surface area contributed by atoms with Gasteiger partial charge in [-0.2, -0.15) is 0 Å². The van der Waals surface area contributed by atoms with Gasteiger partial charge in [-0.3, -0.25) is 19.1 Å². The van der Waals surface area contributed by atoms with E-state index in [9.17, 15) is 14.4 Å². The van der Waals surface area contributed by atoms with Crippen LogP contribution >= 0.6 is 20.9 Å². The minimum atomic E-state index is -2.13. The van der Waals surface area contributed by atoms with Crippen LogP contribution in [0, 0.1) is 0 Å². The molecule has 0 saturated carbocycles. The first-order valence-corrected chi connectivity index (χ1v) is 9.27. The van der Waals surface area contributed by atoms with Gasteiger partial charge in [-0.15, -0.1) is 11.7 Å². The van der Waals surface area contributed by atoms with Crippen molar-refractivity contribution in [2.45, 2.75) is 45.2 Å². The maximum absolute atomic E-state index is 12.0. The number of ketones is 1. The van der Waals surface area contributed by atoms with Gasteiger partial charge in [-0.05, 0) is 33.6 Å². The van der Waals surface area contributed by atoms with Gasteiger partial charge in [-0.1, -0.05) is 9.25 Å². The van der Waals surface area contributed by atoms with Gasteiger partial charge in [0.15, 0.2) is 10.9 Å². The van der Waals surface area contributed by atoms with Crippen LogP contribution in [0.15, 0.2) is 0 Å². The van der Waals surface area contributed by atoms with Gasteiger partial charge in [0.25, 0.3) is 0 Å². The lowest BCUT2D eigenvalue weighted by Gasteiger charge is -2.31. The van der Waals surface area contributed by atoms with Crippen LogP contribution in [0.1, 0.15) is 33.6 Å². The number of carbonyl (C=O) groups is 3. The molecule has 0 aliphatic carbocycles. The summed E-state index contributed by atoms with van der Waals surface area (Å²) in [4.78, 5) is 34.6. The quantitative estimate of drug-likeness (QED) is 0.395. The second kappa shape index (κ2) is 7.44. The normalized spacial score (nSPS) is 17.9. The first-order chi connectivity index (χ1) is 8.94. The first kappa shape index (κ1) is 19.4. The molecule has 0 fully saturated rings. The maximum Gasteiger partial charge on any atom is 0.321 e. The van der Waals surface area contributed by atoms with E-state index in [2.05, 4.69) is 21.7 Å². The zero-order valence-electron chi connectivity index (χ0n) is 12.5. The van der Waals surface area contributed by atoms with E-state index in [1.165, 1.54) is 6.92 Å². The van der Waals surface area contributed by atoms with E-state index in [0.29, 0.717) is 0 Å². The highest BCUT2D eigenvalue weighted by molar-refractivity contribution is 8.93. The number of nitrogens with one attached hydrogen (secondary N) is 2. The van der Waals surface area contributed by atoms with Crippen molar-refractivity contribution in [1.82, 2.24) is 10.0 Å². The molecule has 2 atom stereocenters. The Morgan fingerprint density at radius 1 is 1.35 bits per heavy atom. The molecular weight excluding hydrogens is 300 g/mol. The summed E-state index contributed by atoms with van der Waals surface area (Å²) >= 11 is 4.20. The Morgan fingerprint density at radius 2 is 1.85 bits per heavy atom. The highest BCUT2D eigenvalue weighted by Gasteiger charge is 2.30. The van der Waals surface area contributed by atoms with Crippen LogP contribution in [0.5, 0.6) is 0 Å². The number of thiol groups is 1. The fourth-order valence-electron chi connectivity index (χ4n) is 1.32. The molecule has 0 spiro atoms. The van der Waals surface area contributed by atoms with E-state index in [0.717, 1.165) is 0 Å². The van der Waals surface area contributed by atoms with Crippen LogP contribution in [-0.2, 0) is 14.4 Å². The van der Waals surface area contributed by atoms with E-state index in [1.807, 2.05) is 0 Å². The third-order valence-corrected chi connectivity index (χ3v) is 6.16. The van der Waals surface area contributed by atoms with Crippen LogP contribution in [0.25, 0.3) is 0 Å². The molecule has 118 valence electrons. The highest BCUT2D eigenvalue weighted by Crippen LogP contribution is 2.45. The third-order valence-electron chi connectivity index (χ3n) is 3.21. The van der Waals surface area contributed by atoms with E-state index < -0.39 is 26.8 Å². The van der Waals surface area contributed by atoms with Crippen molar-refractivity contribution in [2.24, 2.45) is 0 Å². The van der Waals surface area contributed by atoms with E-state index >= 15 is 0 Å². The monoisotopic (exact) mass is 324 g/mol. The number of carboxylic acid groups (broad SMARTS) is 1. The third kappa shape index (κ3) is 5.82. The standard InChI is InChI=1S/C12H24N2O4S2/c1-8(15)20(5,19)14-9(11(17)18)6-7-10(16)12(2,3)13-4/h9,13-14,19H,6-7H2,1-5H3,(H,17,18). The fourth-order valence-corrected chi connectivity index (χ4v) is 2.64. The second-order valence-corrected chi connectivity index (χ2v) is 9.96. The maximum atomic E-state index is 12.0. The minimum Gasteiger partial charge on any atom is -0.480 e. The number of hydrogen-bond donors (Lipinski definition) is 4. The molecule has 0 aromatic heterocycles. The van der Waals surface area contributed by atoms with Gasteiger partial charge < -0.3 is 10.4 Å². The molecule has 20 heavy (non-hydrogen) atoms. The topological polar surface area (TPSA) is 95.5 Å². The van der Waals surface area contributed by atoms with Crippen LogP contribution in [-0.4, -0.2) is 46.9 Å². The van der Waals surface area contributed by atoms with Crippen molar-refractivity contribution >= 4 is 37.8 Å². The average Bonchev–Trinajstić information content (AvgIpc) is 2.33. The predicted octanol–water partition coefficient (Wildman–Crippen LogP) is 1.12. The van der Waals surface area contributed by atoms with Crippen LogP contribution < -0.4 is 10.0 Å². The van der Waals surface area contributed by atoms with E-state index in [-0.39, 0.29) is 23.7 Å². The Kier molecular flexibility index (Phi) is 7.23. The Hall–Kier alpha value is -0.570. The number of rotatable bonds is 8. The zero-order valence-corrected chi connectivity index (χ0v) is 14.2. The van der Waals surface area contributed by atoms with Crippen LogP contribution in [0.3, 0.4) is 0 Å². The molecule has 0 rings (SSSR count). The number of Topliss-reactive ketones (excluding diaryl/α,β-unsaturated/α-hetero) is 1. The minimum absolute atomic E-state index is 0.0771. The second-order valence-electron chi connectivity index (χ2n) is 5.21. The van der Waals surface area contributed by atoms with Gasteiger partial charge >= 0.3 is 5.97 Å². The Labute approximate surface area is 126 Å². The van der Waals surface area contributed by atoms with Crippen molar-refractivity contribution in [3.63, 3.8) is 0 Å². The molecule has 3 N–H and O–H groups in total. The summed E-state index contributed by atoms with van der Waals surface area (Å²) in [5.74, 6) is -1.17. The van der Waals surface area contributed by atoms with Crippen molar-refractivity contribution in [2.75, 3.05) is 13.3 Å². The molecule has 0 radical (unpaired) electrons. The molecule has 0 amide bonds. The molecule has 0 saturated heterocycles. The van der Waals surface area contributed by atoms with E-state index in [4.69, 9.17) is 5.11 Å². The number of carboxylic acids is 1. The summed E-state index contributed by atoms with van der Waals surface area (Å²) < 4.78 is 2.74. The molecule has 0 aliphatic heterocycles. The van der Waals surface area contributed by atoms with Gasteiger partial charge in [-0.25, -0.2) is 0 Å². The van der Waals surface area contributed by atoms with E-state index in [1.54, 1.807) is 27.2 Å². The molecule has 0 aromatic carbocycles. The highest BCUT2D eigenvalue weighted by atomic mass is 33.1. The molecule has 0 aromatic rings. The van der Waals surface area contributed by atoms with Gasteiger partial charge in [0.05, 0.1) is 5.54 Å². The molecule has 2 unspecified atom stereocenters. The van der Waals surface area contributed by atoms with Crippen molar-refractivity contribution < 1.29 is 19.5 Å². The van der Waals surface area contributed by atoms with Gasteiger partial charge in [0.1, 0.15) is 6.04 Å². The van der Waals surface area contributed by atoms with Gasteiger partial charge in [0.2, 0.25) is 0 Å². The summed E-state index contributed by atoms with van der Waals surface area (Å²) in [5.41, 5.74) is -0.694. The van der Waals surface area contributed by atoms with Crippen molar-refractivity contribution in [1.29, 1.82) is 0 Å². The zero-order chi connectivity index (χ0) is 16.1. The molecule has 0 bridgehead atoms. The summed E-state index contributed by atoms with van der Waals surface area (Å²) in [6, 6.07) is -0.965. The molecule has 0 heterocycles. The lowest BCUT2D eigenvalue weighted by Crippen LogP contribution is -2.46. The number of aliphatic carboxylic acids is 1. The average molecular weight is 324 g/mol. The lowest BCUT2D eigenvalue weighted by atomic mass is 9.94. The summed E-state index contributed by atoms with van der Waals surface area (Å²) in [5, 5.41) is 11.8. The summed E-state index contributed by atoms with van der Waals surface area (Å²) in [7, 11) is -0.457. The van der Waals surface area contributed by atoms with Crippen molar-refractivity contribution in [3.8, 4) is 0 Å². The molecule has 8 heteroatoms. The fraction of sp³-hybridized carbons (Fsp3) is 0.750. The number of hydrogen-bond acceptors (Lipinski definition) is 6. The number of likely N-dealkylation sites (N-methyl/N-ethyl adjacent to an activating group) is 1. The first-order valence-electron chi connectivity index (χ1n) is 6.17. The molecule has 6 nitrogen and oxygen atoms in total. The Bertz CT molecular complexity index is 397. The van der Waals surface area contributed by atoms with Crippen molar-refractivity contribution in [3.05, 3.63) is 0 Å². The largest absolute Gasteiger partial charge is 0.480 e. The molecular formula is C12H24N2O4S2. The number of carbonyl (C=O) groups excluding carboxylic acids is 2. The SMILES string of the molecule is CNC(C)(C)C(=O)CCC(NS(C)(S)C(C)=O)C(=O)O. The summed E-state index contributed by atoms with van der Waals surface area (Å²) in [6.45, 7) is 4.84. The molecule has 0 aliphatic rings. The summed E-state index contributed by atoms with van der Waals surface area (Å²) in [6.07, 6.45) is 1.81. The van der Waals surface area contributed by atoms with Crippen LogP contribution in [0.4, 0.5) is 0 Å². The van der Waals surface area contributed by atoms with Gasteiger partial charge in [0, 0.05) is 13.3 Å². The smallest absolute Gasteiger partial charge is 0.321 e. The van der Waals surface area contributed by atoms with Crippen LogP contribution in [0.2, 0.25) is 0 Å². The Balaban J connectivity index is 4.71.